The van der Waals surface area contributed by atoms with E-state index in [1.807, 2.05) is 88.7 Å². The summed E-state index contributed by atoms with van der Waals surface area (Å²) in [6.45, 7) is 16.5. The van der Waals surface area contributed by atoms with Crippen LogP contribution in [0.25, 0.3) is 96.0 Å². The van der Waals surface area contributed by atoms with Crippen LogP contribution in [0.15, 0.2) is 140 Å². The van der Waals surface area contributed by atoms with E-state index < -0.39 is 0 Å². The van der Waals surface area contributed by atoms with Gasteiger partial charge in [0.05, 0.1) is 52.5 Å². The summed E-state index contributed by atoms with van der Waals surface area (Å²) in [6, 6.07) is 49.6. The van der Waals surface area contributed by atoms with Crippen LogP contribution in [0.5, 0.6) is 0 Å². The molecule has 0 saturated heterocycles. The van der Waals surface area contributed by atoms with Crippen LogP contribution in [-0.4, -0.2) is 9.13 Å². The van der Waals surface area contributed by atoms with Crippen LogP contribution in [0.1, 0.15) is 5.56 Å². The number of nitriles is 1. The van der Waals surface area contributed by atoms with Crippen LogP contribution >= 0.6 is 11.3 Å². The SMILES string of the molecule is [C-]#[N+]c1cc(-n2c3ccccc3c3cc4sc5ccccc5c4cc32)ccc1-c1cc(C#N)c(-n2c3ccccc3c3ccccc32)c([N+]#[C-])c1. The molecule has 0 aliphatic rings. The van der Waals surface area contributed by atoms with Gasteiger partial charge in [-0.15, -0.1) is 11.3 Å². The predicted molar refractivity (Wildman–Crippen MR) is 211 cm³/mol. The minimum absolute atomic E-state index is 0.352. The van der Waals surface area contributed by atoms with E-state index in [9.17, 15) is 5.26 Å². The van der Waals surface area contributed by atoms with E-state index in [2.05, 4.69) is 87.1 Å². The number of nitrogens with zero attached hydrogens (tertiary/aromatic N) is 5. The molecule has 0 fully saturated rings. The van der Waals surface area contributed by atoms with E-state index in [1.165, 1.54) is 25.6 Å². The molecule has 7 aromatic carbocycles. The zero-order valence-electron chi connectivity index (χ0n) is 26.9. The highest BCUT2D eigenvalue weighted by atomic mass is 32.1. The Morgan fingerprint density at radius 1 is 0.510 bits per heavy atom. The van der Waals surface area contributed by atoms with Crippen molar-refractivity contribution in [1.29, 1.82) is 5.26 Å². The molecule has 0 bridgehead atoms. The summed E-state index contributed by atoms with van der Waals surface area (Å²) in [5.41, 5.74) is 7.94. The summed E-state index contributed by atoms with van der Waals surface area (Å²) in [4.78, 5) is 7.95. The zero-order valence-corrected chi connectivity index (χ0v) is 27.7. The van der Waals surface area contributed by atoms with Crippen molar-refractivity contribution in [1.82, 2.24) is 9.13 Å². The number of hydrogen-bond acceptors (Lipinski definition) is 2. The largest absolute Gasteiger partial charge is 0.318 e. The quantitative estimate of drug-likeness (QED) is 0.173. The second-order valence-corrected chi connectivity index (χ2v) is 13.7. The van der Waals surface area contributed by atoms with Gasteiger partial charge in [-0.25, -0.2) is 9.69 Å². The second kappa shape index (κ2) is 10.9. The molecule has 0 saturated carbocycles. The van der Waals surface area contributed by atoms with Crippen LogP contribution in [0.4, 0.5) is 11.4 Å². The van der Waals surface area contributed by atoms with Gasteiger partial charge in [-0.2, -0.15) is 5.26 Å². The van der Waals surface area contributed by atoms with Gasteiger partial charge in [-0.3, -0.25) is 0 Å². The van der Waals surface area contributed by atoms with Gasteiger partial charge in [0.1, 0.15) is 0 Å². The van der Waals surface area contributed by atoms with E-state index in [-0.39, 0.29) is 0 Å². The summed E-state index contributed by atoms with van der Waals surface area (Å²) < 4.78 is 6.77. The minimum Gasteiger partial charge on any atom is -0.318 e. The Bertz CT molecular complexity index is 3160. The lowest BCUT2D eigenvalue weighted by atomic mass is 9.98. The summed E-state index contributed by atoms with van der Waals surface area (Å²) in [5.74, 6) is 0. The average molecular weight is 666 g/mol. The van der Waals surface area contributed by atoms with Crippen molar-refractivity contribution in [2.45, 2.75) is 0 Å². The molecule has 0 aliphatic carbocycles. The molecule has 0 atom stereocenters. The lowest BCUT2D eigenvalue weighted by Gasteiger charge is -2.16. The van der Waals surface area contributed by atoms with Crippen LogP contribution in [0, 0.1) is 24.5 Å². The third-order valence-electron chi connectivity index (χ3n) is 9.98. The monoisotopic (exact) mass is 665 g/mol. The first-order valence-corrected chi connectivity index (χ1v) is 17.3. The Labute approximate surface area is 296 Å². The molecule has 234 valence electrons. The highest BCUT2D eigenvalue weighted by Crippen LogP contribution is 2.44. The first kappa shape index (κ1) is 28.8. The van der Waals surface area contributed by atoms with Crippen LogP contribution in [0.2, 0.25) is 0 Å². The second-order valence-electron chi connectivity index (χ2n) is 12.6. The van der Waals surface area contributed by atoms with Gasteiger partial charge >= 0.3 is 0 Å². The summed E-state index contributed by atoms with van der Waals surface area (Å²) in [7, 11) is 0. The molecule has 51 heavy (non-hydrogen) atoms. The fourth-order valence-electron chi connectivity index (χ4n) is 7.80. The fraction of sp³-hybridized carbons (Fsp3) is 0. The molecule has 10 aromatic rings. The molecule has 0 N–H and O–H groups in total. The highest BCUT2D eigenvalue weighted by Gasteiger charge is 2.21. The van der Waals surface area contributed by atoms with Crippen molar-refractivity contribution in [2.75, 3.05) is 0 Å². The Morgan fingerprint density at radius 3 is 1.78 bits per heavy atom. The number of aromatic nitrogens is 2. The molecule has 3 aromatic heterocycles. The van der Waals surface area contributed by atoms with Gasteiger partial charge in [-0.05, 0) is 71.8 Å². The molecule has 0 aliphatic heterocycles. The lowest BCUT2D eigenvalue weighted by Crippen LogP contribution is -1.99. The summed E-state index contributed by atoms with van der Waals surface area (Å²) in [5, 5.41) is 17.4. The Morgan fingerprint density at radius 2 is 1.12 bits per heavy atom. The van der Waals surface area contributed by atoms with E-state index in [4.69, 9.17) is 13.1 Å². The van der Waals surface area contributed by atoms with Gasteiger partial charge in [-0.1, -0.05) is 78.9 Å². The maximum atomic E-state index is 10.5. The Balaban J connectivity index is 1.18. The maximum Gasteiger partial charge on any atom is 0.212 e. The summed E-state index contributed by atoms with van der Waals surface area (Å²) >= 11 is 1.81. The Hall–Kier alpha value is -7.17. The fourth-order valence-corrected chi connectivity index (χ4v) is 8.93. The number of benzene rings is 7. The smallest absolute Gasteiger partial charge is 0.212 e. The molecular weight excluding hydrogens is 643 g/mol. The first-order valence-electron chi connectivity index (χ1n) is 16.5. The average Bonchev–Trinajstić information content (AvgIpc) is 3.83. The summed E-state index contributed by atoms with van der Waals surface area (Å²) in [6.07, 6.45) is 0. The number of rotatable bonds is 3. The van der Waals surface area contributed by atoms with Gasteiger partial charge in [0.2, 0.25) is 5.69 Å². The highest BCUT2D eigenvalue weighted by molar-refractivity contribution is 7.25. The standard InChI is InChI=1S/C45H23N5S/c1-47-37-23-29(49-39-15-7-5-13-33(39)35-25-44-36(24-42(35)49)34-14-6-10-18-43(34)51-44)19-20-30(37)27-21-28(26-46)45(38(22-27)48-2)50-40-16-8-3-11-31(40)32-12-4-9-17-41(32)50/h3-25H. The third-order valence-corrected chi connectivity index (χ3v) is 11.1. The van der Waals surface area contributed by atoms with Crippen molar-refractivity contribution >= 4 is 86.5 Å². The predicted octanol–water partition coefficient (Wildman–Crippen LogP) is 12.9. The van der Waals surface area contributed by atoms with E-state index in [0.717, 1.165) is 43.9 Å². The van der Waals surface area contributed by atoms with Crippen molar-refractivity contribution in [3.05, 3.63) is 168 Å². The van der Waals surface area contributed by atoms with Gasteiger partial charge in [0.15, 0.2) is 5.69 Å². The number of hydrogen-bond donors (Lipinski definition) is 0. The van der Waals surface area contributed by atoms with Crippen LogP contribution < -0.4 is 0 Å². The molecule has 10 rings (SSSR count). The third kappa shape index (κ3) is 4.11. The number of para-hydroxylation sites is 3. The van der Waals surface area contributed by atoms with Gasteiger partial charge < -0.3 is 9.13 Å². The molecule has 0 radical (unpaired) electrons. The van der Waals surface area contributed by atoms with Crippen molar-refractivity contribution in [3.8, 4) is 28.6 Å². The lowest BCUT2D eigenvalue weighted by molar-refractivity contribution is 1.17. The van der Waals surface area contributed by atoms with Crippen molar-refractivity contribution in [2.24, 2.45) is 0 Å². The van der Waals surface area contributed by atoms with Crippen molar-refractivity contribution < 1.29 is 0 Å². The van der Waals surface area contributed by atoms with E-state index in [0.29, 0.717) is 33.8 Å². The number of fused-ring (bicyclic) bond motifs is 9. The van der Waals surface area contributed by atoms with Gasteiger partial charge in [0, 0.05) is 47.4 Å². The molecule has 0 unspecified atom stereocenters. The molecular formula is C45H23N5S. The van der Waals surface area contributed by atoms with E-state index >= 15 is 0 Å². The molecule has 6 heteroatoms. The normalized spacial score (nSPS) is 11.5. The van der Waals surface area contributed by atoms with Crippen molar-refractivity contribution in [3.63, 3.8) is 0 Å². The Kier molecular flexibility index (Phi) is 6.17. The van der Waals surface area contributed by atoms with Gasteiger partial charge in [0.25, 0.3) is 0 Å². The molecule has 3 heterocycles. The maximum absolute atomic E-state index is 10.5. The minimum atomic E-state index is 0.352. The zero-order chi connectivity index (χ0) is 34.2. The van der Waals surface area contributed by atoms with Crippen LogP contribution in [-0.2, 0) is 0 Å². The molecule has 5 nitrogen and oxygen atoms in total. The van der Waals surface area contributed by atoms with E-state index in [1.54, 1.807) is 0 Å². The first-order chi connectivity index (χ1) is 25.2. The topological polar surface area (TPSA) is 42.4 Å². The van der Waals surface area contributed by atoms with Crippen LogP contribution in [0.3, 0.4) is 0 Å². The number of thiophene rings is 1. The molecule has 0 amide bonds. The molecule has 0 spiro atoms.